The lowest BCUT2D eigenvalue weighted by Gasteiger charge is -2.02. The van der Waals surface area contributed by atoms with Crippen molar-refractivity contribution < 1.29 is 9.53 Å². The molecule has 1 aromatic heterocycles. The van der Waals surface area contributed by atoms with Crippen molar-refractivity contribution in [2.75, 3.05) is 6.61 Å². The minimum absolute atomic E-state index is 0.0773. The second-order valence-electron chi connectivity index (χ2n) is 3.34. The van der Waals surface area contributed by atoms with E-state index in [1.165, 1.54) is 0 Å². The number of nitrogens with two attached hydrogens (primary N) is 1. The summed E-state index contributed by atoms with van der Waals surface area (Å²) < 4.78 is 5.17. The van der Waals surface area contributed by atoms with E-state index in [2.05, 4.69) is 4.98 Å². The first-order valence-electron chi connectivity index (χ1n) is 5.15. The van der Waals surface area contributed by atoms with Gasteiger partial charge in [0.15, 0.2) is 6.29 Å². The maximum atomic E-state index is 10.2. The van der Waals surface area contributed by atoms with E-state index in [0.717, 1.165) is 21.7 Å². The average Bonchev–Trinajstić information content (AvgIpc) is 2.86. The number of benzene rings is 1. The first kappa shape index (κ1) is 11.8. The summed E-state index contributed by atoms with van der Waals surface area (Å²) in [6.07, 6.45) is 2.51. The van der Waals surface area contributed by atoms with Crippen LogP contribution in [0.2, 0.25) is 0 Å². The van der Waals surface area contributed by atoms with Gasteiger partial charge in [0, 0.05) is 23.2 Å². The molecule has 0 saturated heterocycles. The van der Waals surface area contributed by atoms with Gasteiger partial charge in [0.25, 0.3) is 0 Å². The van der Waals surface area contributed by atoms with Gasteiger partial charge in [0.1, 0.15) is 17.4 Å². The summed E-state index contributed by atoms with van der Waals surface area (Å²) in [5.74, 6) is 0.677. The van der Waals surface area contributed by atoms with Crippen LogP contribution in [0.5, 0.6) is 5.75 Å². The Kier molecular flexibility index (Phi) is 3.85. The van der Waals surface area contributed by atoms with Gasteiger partial charge in [0.05, 0.1) is 0 Å². The number of aldehydes is 1. The fourth-order valence-corrected chi connectivity index (χ4v) is 2.16. The molecule has 0 aliphatic rings. The molecule has 0 aliphatic heterocycles. The zero-order valence-electron chi connectivity index (χ0n) is 9.13. The Bertz CT molecular complexity index is 493. The summed E-state index contributed by atoms with van der Waals surface area (Å²) in [5, 5.41) is 0.937. The number of hydrogen-bond acceptors (Lipinski definition) is 5. The van der Waals surface area contributed by atoms with Gasteiger partial charge in [-0.2, -0.15) is 0 Å². The number of carbonyl (C=O) groups excluding carboxylic acids is 1. The fraction of sp³-hybridized carbons (Fsp3) is 0.167. The Labute approximate surface area is 103 Å². The molecule has 0 spiro atoms. The molecule has 2 rings (SSSR count). The molecule has 1 aromatic carbocycles. The van der Waals surface area contributed by atoms with Gasteiger partial charge >= 0.3 is 0 Å². The molecule has 1 heterocycles. The second kappa shape index (κ2) is 5.56. The van der Waals surface area contributed by atoms with E-state index in [9.17, 15) is 4.79 Å². The predicted molar refractivity (Wildman–Crippen MR) is 67.0 cm³/mol. The van der Waals surface area contributed by atoms with Crippen LogP contribution in [0, 0.1) is 0 Å². The van der Waals surface area contributed by atoms with Crippen molar-refractivity contribution in [2.24, 2.45) is 5.73 Å². The minimum Gasteiger partial charge on any atom is -0.486 e. The molecule has 2 N–H and O–H groups in total. The molecule has 2 aromatic rings. The first-order chi connectivity index (χ1) is 8.33. The highest BCUT2D eigenvalue weighted by atomic mass is 32.1. The van der Waals surface area contributed by atoms with Crippen LogP contribution in [0.15, 0.2) is 30.5 Å². The van der Waals surface area contributed by atoms with Gasteiger partial charge < -0.3 is 10.5 Å². The van der Waals surface area contributed by atoms with E-state index in [1.54, 1.807) is 17.5 Å². The molecule has 5 heteroatoms. The van der Waals surface area contributed by atoms with Gasteiger partial charge in [-0.25, -0.2) is 4.98 Å². The standard InChI is InChI=1S/C12H12N2O2S/c13-7-11-8-14-12(17-11)9-1-3-10(4-2-9)16-6-5-15/h1-5,8H,6-7,13H2. The van der Waals surface area contributed by atoms with Crippen molar-refractivity contribution in [1.29, 1.82) is 0 Å². The molecule has 0 amide bonds. The molecule has 17 heavy (non-hydrogen) atoms. The van der Waals surface area contributed by atoms with Crippen molar-refractivity contribution in [3.63, 3.8) is 0 Å². The van der Waals surface area contributed by atoms with Crippen LogP contribution in [0.4, 0.5) is 0 Å². The summed E-state index contributed by atoms with van der Waals surface area (Å²) >= 11 is 1.58. The Morgan fingerprint density at radius 1 is 1.35 bits per heavy atom. The molecule has 88 valence electrons. The number of aromatic nitrogens is 1. The second-order valence-corrected chi connectivity index (χ2v) is 4.45. The van der Waals surface area contributed by atoms with Crippen molar-refractivity contribution in [3.05, 3.63) is 35.3 Å². The minimum atomic E-state index is 0.0773. The largest absolute Gasteiger partial charge is 0.486 e. The Morgan fingerprint density at radius 3 is 2.71 bits per heavy atom. The van der Waals surface area contributed by atoms with Gasteiger partial charge in [-0.15, -0.1) is 11.3 Å². The van der Waals surface area contributed by atoms with Crippen LogP contribution in [0.1, 0.15) is 4.88 Å². The van der Waals surface area contributed by atoms with Crippen molar-refractivity contribution in [2.45, 2.75) is 6.54 Å². The average molecular weight is 248 g/mol. The molecule has 0 fully saturated rings. The zero-order valence-corrected chi connectivity index (χ0v) is 9.94. The van der Waals surface area contributed by atoms with Crippen LogP contribution >= 0.6 is 11.3 Å². The van der Waals surface area contributed by atoms with Gasteiger partial charge in [-0.3, -0.25) is 4.79 Å². The highest BCUT2D eigenvalue weighted by Gasteiger charge is 2.03. The maximum Gasteiger partial charge on any atom is 0.157 e. The van der Waals surface area contributed by atoms with E-state index in [4.69, 9.17) is 10.5 Å². The fourth-order valence-electron chi connectivity index (χ4n) is 1.36. The smallest absolute Gasteiger partial charge is 0.157 e. The monoisotopic (exact) mass is 248 g/mol. The summed E-state index contributed by atoms with van der Waals surface area (Å²) in [7, 11) is 0. The van der Waals surface area contributed by atoms with Gasteiger partial charge in [-0.05, 0) is 24.3 Å². The lowest BCUT2D eigenvalue weighted by atomic mass is 10.2. The highest BCUT2D eigenvalue weighted by Crippen LogP contribution is 2.26. The lowest BCUT2D eigenvalue weighted by Crippen LogP contribution is -1.96. The predicted octanol–water partition coefficient (Wildman–Crippen LogP) is 1.85. The van der Waals surface area contributed by atoms with Gasteiger partial charge in [0.2, 0.25) is 0 Å². The molecule has 0 aliphatic carbocycles. The Hall–Kier alpha value is -1.72. The third-order valence-corrected chi connectivity index (χ3v) is 3.24. The molecular formula is C12H12N2O2S. The summed E-state index contributed by atoms with van der Waals surface area (Å²) in [4.78, 5) is 15.5. The third kappa shape index (κ3) is 2.89. The van der Waals surface area contributed by atoms with E-state index >= 15 is 0 Å². The zero-order chi connectivity index (χ0) is 12.1. The summed E-state index contributed by atoms with van der Waals surface area (Å²) in [5.41, 5.74) is 6.56. The number of ether oxygens (including phenoxy) is 1. The lowest BCUT2D eigenvalue weighted by molar-refractivity contribution is -0.109. The quantitative estimate of drug-likeness (QED) is 0.820. The number of nitrogens with zero attached hydrogens (tertiary/aromatic N) is 1. The van der Waals surface area contributed by atoms with Crippen LogP contribution in [-0.2, 0) is 11.3 Å². The number of thiazole rings is 1. The van der Waals surface area contributed by atoms with E-state index in [1.807, 2.05) is 24.3 Å². The number of rotatable bonds is 5. The molecule has 0 radical (unpaired) electrons. The normalized spacial score (nSPS) is 10.2. The van der Waals surface area contributed by atoms with Gasteiger partial charge in [-0.1, -0.05) is 0 Å². The number of hydrogen-bond donors (Lipinski definition) is 1. The first-order valence-corrected chi connectivity index (χ1v) is 5.97. The number of carbonyl (C=O) groups is 1. The molecule has 0 saturated carbocycles. The van der Waals surface area contributed by atoms with Crippen LogP contribution in [-0.4, -0.2) is 17.9 Å². The van der Waals surface area contributed by atoms with E-state index in [0.29, 0.717) is 12.3 Å². The van der Waals surface area contributed by atoms with E-state index in [-0.39, 0.29) is 6.61 Å². The maximum absolute atomic E-state index is 10.2. The summed E-state index contributed by atoms with van der Waals surface area (Å²) in [6.45, 7) is 0.589. The van der Waals surface area contributed by atoms with Crippen LogP contribution < -0.4 is 10.5 Å². The van der Waals surface area contributed by atoms with Crippen molar-refractivity contribution in [3.8, 4) is 16.3 Å². The Morgan fingerprint density at radius 2 is 2.12 bits per heavy atom. The van der Waals surface area contributed by atoms with Crippen LogP contribution in [0.25, 0.3) is 10.6 Å². The highest BCUT2D eigenvalue weighted by molar-refractivity contribution is 7.15. The van der Waals surface area contributed by atoms with Crippen LogP contribution in [0.3, 0.4) is 0 Å². The molecule has 0 unspecified atom stereocenters. The molecule has 0 bridgehead atoms. The molecule has 0 atom stereocenters. The Balaban J connectivity index is 2.14. The van der Waals surface area contributed by atoms with Crippen molar-refractivity contribution >= 4 is 17.6 Å². The third-order valence-electron chi connectivity index (χ3n) is 2.17. The SMILES string of the molecule is NCc1cnc(-c2ccc(OCC=O)cc2)s1. The van der Waals surface area contributed by atoms with E-state index < -0.39 is 0 Å². The molecule has 4 nitrogen and oxygen atoms in total. The topological polar surface area (TPSA) is 65.2 Å². The van der Waals surface area contributed by atoms with Crippen molar-refractivity contribution in [1.82, 2.24) is 4.98 Å². The molecular weight excluding hydrogens is 236 g/mol. The summed E-state index contributed by atoms with van der Waals surface area (Å²) in [6, 6.07) is 7.48.